The summed E-state index contributed by atoms with van der Waals surface area (Å²) in [4.78, 5) is 13.6. The molecule has 0 aromatic rings. The van der Waals surface area contributed by atoms with E-state index in [4.69, 9.17) is 0 Å². The van der Waals surface area contributed by atoms with Crippen LogP contribution in [0.3, 0.4) is 0 Å². The van der Waals surface area contributed by atoms with Crippen molar-refractivity contribution in [1.82, 2.24) is 10.2 Å². The molecule has 1 aliphatic carbocycles. The molecule has 1 saturated heterocycles. The lowest BCUT2D eigenvalue weighted by molar-refractivity contribution is -0.186. The number of amides is 1. The fraction of sp³-hybridized carbons (Fsp3) is 0.857. The molecule has 2 aliphatic rings. The highest BCUT2D eigenvalue weighted by Crippen LogP contribution is 2.61. The molecular formula is C21H42F3N3O. The predicted molar refractivity (Wildman–Crippen MR) is 112 cm³/mol. The minimum atomic E-state index is -4.36. The van der Waals surface area contributed by atoms with E-state index in [2.05, 4.69) is 52.2 Å². The highest BCUT2D eigenvalue weighted by molar-refractivity contribution is 5.79. The van der Waals surface area contributed by atoms with Gasteiger partial charge in [-0.2, -0.15) is 13.2 Å². The van der Waals surface area contributed by atoms with Crippen LogP contribution in [0, 0.1) is 23.2 Å². The number of piperidine rings is 1. The average molecular weight is 410 g/mol. The standard InChI is InChI=1S/C13H21F3N2O.C4H10.C2H5N.C2H6/c1-11(2)8-6-18(7-9(8)11)10(19)5-17-12(3,4)13(14,15)16;1-4(2)3;1-2-3;1-2/h8-9,17H,5-7H2,1-4H3;4H,1-3H3;2H,1,3H2;1-2H3. The summed E-state index contributed by atoms with van der Waals surface area (Å²) in [6.07, 6.45) is -3.11. The number of nitrogens with one attached hydrogen (secondary N) is 1. The largest absolute Gasteiger partial charge is 0.406 e. The molecule has 2 unspecified atom stereocenters. The Morgan fingerprint density at radius 3 is 1.82 bits per heavy atom. The van der Waals surface area contributed by atoms with Crippen LogP contribution in [0.25, 0.3) is 0 Å². The van der Waals surface area contributed by atoms with E-state index in [0.29, 0.717) is 30.3 Å². The van der Waals surface area contributed by atoms with Crippen LogP contribution in [0.4, 0.5) is 13.2 Å². The third-order valence-electron chi connectivity index (χ3n) is 4.87. The zero-order valence-electron chi connectivity index (χ0n) is 19.2. The monoisotopic (exact) mass is 409 g/mol. The Labute approximate surface area is 170 Å². The predicted octanol–water partition coefficient (Wildman–Crippen LogP) is 4.81. The number of rotatable bonds is 3. The van der Waals surface area contributed by atoms with E-state index >= 15 is 0 Å². The third-order valence-corrected chi connectivity index (χ3v) is 4.87. The summed E-state index contributed by atoms with van der Waals surface area (Å²) < 4.78 is 37.9. The summed E-state index contributed by atoms with van der Waals surface area (Å²) in [5, 5.41) is 2.31. The SMILES string of the molecule is C=CN.CC.CC(C)C.CC1(C)C2CN(C(=O)CNC(C)(C)C(F)(F)F)CC21. The fourth-order valence-corrected chi connectivity index (χ4v) is 2.84. The van der Waals surface area contributed by atoms with Crippen LogP contribution < -0.4 is 11.1 Å². The Morgan fingerprint density at radius 2 is 1.54 bits per heavy atom. The fourth-order valence-electron chi connectivity index (χ4n) is 2.84. The van der Waals surface area contributed by atoms with E-state index < -0.39 is 11.7 Å². The molecule has 2 fully saturated rings. The second kappa shape index (κ2) is 11.7. The number of alkyl halides is 3. The molecule has 0 bridgehead atoms. The van der Waals surface area contributed by atoms with Gasteiger partial charge in [0.05, 0.1) is 6.54 Å². The van der Waals surface area contributed by atoms with Crippen molar-refractivity contribution in [2.75, 3.05) is 19.6 Å². The first-order valence-electron chi connectivity index (χ1n) is 10.0. The van der Waals surface area contributed by atoms with Crippen LogP contribution in [0.1, 0.15) is 62.3 Å². The van der Waals surface area contributed by atoms with Crippen molar-refractivity contribution >= 4 is 5.91 Å². The van der Waals surface area contributed by atoms with Gasteiger partial charge >= 0.3 is 6.18 Å². The molecule has 0 radical (unpaired) electrons. The first-order valence-corrected chi connectivity index (χ1v) is 10.0. The summed E-state index contributed by atoms with van der Waals surface area (Å²) in [5.41, 5.74) is 2.88. The first-order chi connectivity index (χ1) is 12.6. The molecule has 168 valence electrons. The van der Waals surface area contributed by atoms with Gasteiger partial charge in [-0.3, -0.25) is 10.1 Å². The summed E-state index contributed by atoms with van der Waals surface area (Å²) in [6.45, 7) is 21.2. The number of fused-ring (bicyclic) bond motifs is 1. The van der Waals surface area contributed by atoms with Crippen LogP contribution in [-0.2, 0) is 4.79 Å². The minimum absolute atomic E-state index is 0.236. The van der Waals surface area contributed by atoms with Crippen molar-refractivity contribution in [3.05, 3.63) is 12.8 Å². The zero-order valence-corrected chi connectivity index (χ0v) is 19.2. The molecule has 0 aromatic heterocycles. The number of carbonyl (C=O) groups is 1. The van der Waals surface area contributed by atoms with E-state index in [0.717, 1.165) is 19.8 Å². The molecule has 1 heterocycles. The van der Waals surface area contributed by atoms with Crippen LogP contribution in [0.2, 0.25) is 0 Å². The van der Waals surface area contributed by atoms with Gasteiger partial charge in [-0.25, -0.2) is 0 Å². The Bertz CT molecular complexity index is 457. The Morgan fingerprint density at radius 1 is 1.21 bits per heavy atom. The Hall–Kier alpha value is -1.24. The van der Waals surface area contributed by atoms with Crippen LogP contribution in [0.5, 0.6) is 0 Å². The number of likely N-dealkylation sites (tertiary alicyclic amines) is 1. The molecule has 1 aliphatic heterocycles. The summed E-state index contributed by atoms with van der Waals surface area (Å²) in [5.74, 6) is 1.64. The van der Waals surface area contributed by atoms with Crippen molar-refractivity contribution in [2.24, 2.45) is 28.9 Å². The maximum atomic E-state index is 12.6. The minimum Gasteiger partial charge on any atom is -0.405 e. The molecule has 0 aromatic carbocycles. The number of nitrogens with two attached hydrogens (primary N) is 1. The molecular weight excluding hydrogens is 367 g/mol. The lowest BCUT2D eigenvalue weighted by Crippen LogP contribution is -2.55. The Balaban J connectivity index is 0. The van der Waals surface area contributed by atoms with Crippen LogP contribution >= 0.6 is 0 Å². The van der Waals surface area contributed by atoms with E-state index in [1.165, 1.54) is 6.20 Å². The molecule has 1 amide bonds. The molecule has 3 N–H and O–H groups in total. The van der Waals surface area contributed by atoms with Gasteiger partial charge in [-0.1, -0.05) is 55.0 Å². The number of halogens is 3. The second-order valence-corrected chi connectivity index (χ2v) is 8.78. The van der Waals surface area contributed by atoms with Crippen LogP contribution in [-0.4, -0.2) is 42.2 Å². The highest BCUT2D eigenvalue weighted by Gasteiger charge is 2.62. The van der Waals surface area contributed by atoms with Gasteiger partial charge < -0.3 is 10.6 Å². The lowest BCUT2D eigenvalue weighted by Gasteiger charge is -2.30. The summed E-state index contributed by atoms with van der Waals surface area (Å²) in [7, 11) is 0. The molecule has 1 saturated carbocycles. The van der Waals surface area contributed by atoms with Gasteiger partial charge in [0.2, 0.25) is 5.91 Å². The van der Waals surface area contributed by atoms with Crippen molar-refractivity contribution in [1.29, 1.82) is 0 Å². The topological polar surface area (TPSA) is 58.4 Å². The van der Waals surface area contributed by atoms with Gasteiger partial charge in [0, 0.05) is 13.1 Å². The van der Waals surface area contributed by atoms with Crippen LogP contribution in [0.15, 0.2) is 12.8 Å². The van der Waals surface area contributed by atoms with Gasteiger partial charge in [-0.05, 0) is 43.2 Å². The summed E-state index contributed by atoms with van der Waals surface area (Å²) in [6, 6.07) is 0. The van der Waals surface area contributed by atoms with E-state index in [-0.39, 0.29) is 12.5 Å². The molecule has 28 heavy (non-hydrogen) atoms. The van der Waals surface area contributed by atoms with E-state index in [1.807, 2.05) is 13.8 Å². The zero-order chi connectivity index (χ0) is 22.9. The normalized spacial score (nSPS) is 21.8. The molecule has 4 nitrogen and oxygen atoms in total. The van der Waals surface area contributed by atoms with E-state index in [9.17, 15) is 18.0 Å². The molecule has 2 rings (SSSR count). The quantitative estimate of drug-likeness (QED) is 0.703. The Kier molecular flexibility index (Phi) is 12.1. The number of hydrogen-bond donors (Lipinski definition) is 2. The number of nitrogens with zero attached hydrogens (tertiary/aromatic N) is 1. The number of carbonyl (C=O) groups excluding carboxylic acids is 1. The smallest absolute Gasteiger partial charge is 0.405 e. The lowest BCUT2D eigenvalue weighted by atomic mass is 10.0. The van der Waals surface area contributed by atoms with Crippen molar-refractivity contribution in [3.63, 3.8) is 0 Å². The average Bonchev–Trinajstić information content (AvgIpc) is 2.91. The first kappa shape index (κ1) is 29.0. The number of hydrogen-bond acceptors (Lipinski definition) is 3. The van der Waals surface area contributed by atoms with Gasteiger partial charge in [0.25, 0.3) is 0 Å². The second-order valence-electron chi connectivity index (χ2n) is 8.78. The van der Waals surface area contributed by atoms with Gasteiger partial charge in [-0.15, -0.1) is 0 Å². The van der Waals surface area contributed by atoms with Gasteiger partial charge in [0.1, 0.15) is 5.54 Å². The maximum absolute atomic E-state index is 12.6. The van der Waals surface area contributed by atoms with E-state index in [1.54, 1.807) is 4.90 Å². The highest BCUT2D eigenvalue weighted by atomic mass is 19.4. The third kappa shape index (κ3) is 8.84. The van der Waals surface area contributed by atoms with Crippen molar-refractivity contribution < 1.29 is 18.0 Å². The van der Waals surface area contributed by atoms with Gasteiger partial charge in [0.15, 0.2) is 0 Å². The molecule has 0 spiro atoms. The van der Waals surface area contributed by atoms with Crippen molar-refractivity contribution in [2.45, 2.75) is 74.0 Å². The molecule has 7 heteroatoms. The summed E-state index contributed by atoms with van der Waals surface area (Å²) >= 11 is 0. The molecule has 2 atom stereocenters. The maximum Gasteiger partial charge on any atom is 0.406 e. The van der Waals surface area contributed by atoms with Crippen molar-refractivity contribution in [3.8, 4) is 0 Å².